The summed E-state index contributed by atoms with van der Waals surface area (Å²) in [5, 5.41) is 4.87. The largest absolute Gasteiger partial charge is 0.457 e. The molecule has 1 N–H and O–H groups in total. The second kappa shape index (κ2) is 5.90. The minimum Gasteiger partial charge on any atom is -0.457 e. The fourth-order valence-electron chi connectivity index (χ4n) is 2.72. The van der Waals surface area contributed by atoms with E-state index >= 15 is 0 Å². The first kappa shape index (κ1) is 15.1. The Labute approximate surface area is 143 Å². The lowest BCUT2D eigenvalue weighted by atomic mass is 10.1. The Morgan fingerprint density at radius 1 is 1.04 bits per heavy atom. The molecule has 0 bridgehead atoms. The zero-order chi connectivity index (χ0) is 17.4. The van der Waals surface area contributed by atoms with E-state index in [0.29, 0.717) is 23.2 Å². The first-order valence-corrected chi connectivity index (χ1v) is 7.81. The van der Waals surface area contributed by atoms with Gasteiger partial charge in [-0.25, -0.2) is 0 Å². The molecule has 0 atom stereocenters. The van der Waals surface area contributed by atoms with Crippen LogP contribution >= 0.6 is 0 Å². The molecule has 6 nitrogen and oxygen atoms in total. The van der Waals surface area contributed by atoms with Crippen LogP contribution in [0.4, 0.5) is 0 Å². The summed E-state index contributed by atoms with van der Waals surface area (Å²) in [6.45, 7) is 3.65. The van der Waals surface area contributed by atoms with Crippen molar-refractivity contribution in [3.63, 3.8) is 0 Å². The second-order valence-electron chi connectivity index (χ2n) is 5.79. The molecular weight excluding hydrogens is 318 g/mol. The Bertz CT molecular complexity index is 1130. The zero-order valence-electron chi connectivity index (χ0n) is 13.7. The Morgan fingerprint density at radius 3 is 2.68 bits per heavy atom. The van der Waals surface area contributed by atoms with Crippen LogP contribution in [0.1, 0.15) is 11.5 Å². The SMILES string of the molecule is Cc1nc(-c2cccc(Oc3ccc4[nH]c(=O)cc(C)c4c3)c2)no1. The van der Waals surface area contributed by atoms with Gasteiger partial charge in [0.1, 0.15) is 11.5 Å². The molecule has 6 heteroatoms. The van der Waals surface area contributed by atoms with E-state index in [1.165, 1.54) is 0 Å². The van der Waals surface area contributed by atoms with Crippen LogP contribution in [0.5, 0.6) is 11.5 Å². The first-order valence-electron chi connectivity index (χ1n) is 7.81. The summed E-state index contributed by atoms with van der Waals surface area (Å²) in [5.74, 6) is 2.39. The van der Waals surface area contributed by atoms with Crippen LogP contribution in [0.15, 0.2) is 57.8 Å². The Kier molecular flexibility index (Phi) is 3.57. The van der Waals surface area contributed by atoms with Crippen molar-refractivity contribution >= 4 is 10.9 Å². The van der Waals surface area contributed by atoms with Crippen LogP contribution in [0.2, 0.25) is 0 Å². The van der Waals surface area contributed by atoms with Crippen molar-refractivity contribution in [3.05, 3.63) is 70.3 Å². The highest BCUT2D eigenvalue weighted by Gasteiger charge is 2.08. The van der Waals surface area contributed by atoms with Crippen LogP contribution < -0.4 is 10.3 Å². The summed E-state index contributed by atoms with van der Waals surface area (Å²) >= 11 is 0. The summed E-state index contributed by atoms with van der Waals surface area (Å²) in [4.78, 5) is 18.6. The number of aromatic amines is 1. The van der Waals surface area contributed by atoms with Crippen LogP contribution in [0.3, 0.4) is 0 Å². The summed E-state index contributed by atoms with van der Waals surface area (Å²) in [6, 6.07) is 14.6. The quantitative estimate of drug-likeness (QED) is 0.613. The number of fused-ring (bicyclic) bond motifs is 1. The minimum absolute atomic E-state index is 0.109. The van der Waals surface area contributed by atoms with E-state index in [9.17, 15) is 4.79 Å². The molecular formula is C19H15N3O3. The summed E-state index contributed by atoms with van der Waals surface area (Å²) in [6.07, 6.45) is 0. The number of rotatable bonds is 3. The highest BCUT2D eigenvalue weighted by atomic mass is 16.5. The van der Waals surface area contributed by atoms with Gasteiger partial charge in [-0.3, -0.25) is 4.79 Å². The lowest BCUT2D eigenvalue weighted by Crippen LogP contribution is -2.04. The number of aryl methyl sites for hydroxylation is 2. The van der Waals surface area contributed by atoms with E-state index in [4.69, 9.17) is 9.26 Å². The van der Waals surface area contributed by atoms with Gasteiger partial charge in [-0.15, -0.1) is 0 Å². The fourth-order valence-corrected chi connectivity index (χ4v) is 2.72. The number of aromatic nitrogens is 3. The summed E-state index contributed by atoms with van der Waals surface area (Å²) < 4.78 is 11.0. The normalized spacial score (nSPS) is 11.0. The maximum Gasteiger partial charge on any atom is 0.248 e. The smallest absolute Gasteiger partial charge is 0.248 e. The number of nitrogens with one attached hydrogen (secondary N) is 1. The van der Waals surface area contributed by atoms with Gasteiger partial charge >= 0.3 is 0 Å². The highest BCUT2D eigenvalue weighted by molar-refractivity contribution is 5.83. The Morgan fingerprint density at radius 2 is 1.88 bits per heavy atom. The number of benzene rings is 2. The van der Waals surface area contributed by atoms with E-state index < -0.39 is 0 Å². The minimum atomic E-state index is -0.109. The van der Waals surface area contributed by atoms with E-state index in [1.54, 1.807) is 13.0 Å². The van der Waals surface area contributed by atoms with Gasteiger partial charge < -0.3 is 14.2 Å². The van der Waals surface area contributed by atoms with Gasteiger partial charge in [0.15, 0.2) is 0 Å². The number of hydrogen-bond acceptors (Lipinski definition) is 5. The van der Waals surface area contributed by atoms with Crippen molar-refractivity contribution in [1.29, 1.82) is 0 Å². The van der Waals surface area contributed by atoms with Crippen molar-refractivity contribution in [2.24, 2.45) is 0 Å². The molecule has 4 aromatic rings. The topological polar surface area (TPSA) is 81.0 Å². The molecule has 2 heterocycles. The van der Waals surface area contributed by atoms with Gasteiger partial charge in [0.25, 0.3) is 0 Å². The van der Waals surface area contributed by atoms with Crippen molar-refractivity contribution in [2.75, 3.05) is 0 Å². The number of nitrogens with zero attached hydrogens (tertiary/aromatic N) is 2. The molecule has 4 rings (SSSR count). The lowest BCUT2D eigenvalue weighted by molar-refractivity contribution is 0.394. The third kappa shape index (κ3) is 3.01. The summed E-state index contributed by atoms with van der Waals surface area (Å²) in [7, 11) is 0. The lowest BCUT2D eigenvalue weighted by Gasteiger charge is -2.09. The maximum absolute atomic E-state index is 11.5. The third-order valence-electron chi connectivity index (χ3n) is 3.88. The third-order valence-corrected chi connectivity index (χ3v) is 3.88. The van der Waals surface area contributed by atoms with Crippen LogP contribution in [0.25, 0.3) is 22.3 Å². The van der Waals surface area contributed by atoms with E-state index in [-0.39, 0.29) is 5.56 Å². The van der Waals surface area contributed by atoms with Crippen molar-refractivity contribution in [3.8, 4) is 22.9 Å². The molecule has 0 spiro atoms. The van der Waals surface area contributed by atoms with Gasteiger partial charge in [0, 0.05) is 29.5 Å². The standard InChI is InChI=1S/C19H15N3O3/c1-11-8-18(23)21-17-7-6-15(10-16(11)17)24-14-5-3-4-13(9-14)19-20-12(2)25-22-19/h3-10H,1-2H3,(H,21,23). The fraction of sp³-hybridized carbons (Fsp3) is 0.105. The van der Waals surface area contributed by atoms with Crippen LogP contribution in [0, 0.1) is 13.8 Å². The van der Waals surface area contributed by atoms with Crippen molar-refractivity contribution in [1.82, 2.24) is 15.1 Å². The highest BCUT2D eigenvalue weighted by Crippen LogP contribution is 2.28. The molecule has 124 valence electrons. The zero-order valence-corrected chi connectivity index (χ0v) is 13.7. The maximum atomic E-state index is 11.5. The molecule has 0 aliphatic carbocycles. The molecule has 2 aromatic carbocycles. The van der Waals surface area contributed by atoms with E-state index in [2.05, 4.69) is 15.1 Å². The molecule has 0 aliphatic rings. The second-order valence-corrected chi connectivity index (χ2v) is 5.79. The Hall–Kier alpha value is -3.41. The molecule has 0 amide bonds. The predicted molar refractivity (Wildman–Crippen MR) is 93.9 cm³/mol. The van der Waals surface area contributed by atoms with Gasteiger partial charge in [0.05, 0.1) is 0 Å². The Balaban J connectivity index is 1.68. The first-order chi connectivity index (χ1) is 12.1. The number of pyridine rings is 1. The predicted octanol–water partition coefficient (Wildman–Crippen LogP) is 3.99. The van der Waals surface area contributed by atoms with Gasteiger partial charge in [0.2, 0.25) is 17.3 Å². The molecule has 0 aliphatic heterocycles. The molecule has 0 saturated carbocycles. The van der Waals surface area contributed by atoms with Gasteiger partial charge in [-0.2, -0.15) is 4.98 Å². The monoisotopic (exact) mass is 333 g/mol. The van der Waals surface area contributed by atoms with E-state index in [0.717, 1.165) is 22.0 Å². The van der Waals surface area contributed by atoms with E-state index in [1.807, 2.05) is 49.4 Å². The molecule has 0 unspecified atom stereocenters. The summed E-state index contributed by atoms with van der Waals surface area (Å²) in [5.41, 5.74) is 2.39. The number of H-pyrrole nitrogens is 1. The molecule has 0 fully saturated rings. The average Bonchev–Trinajstić information content (AvgIpc) is 3.02. The van der Waals surface area contributed by atoms with Gasteiger partial charge in [-0.1, -0.05) is 17.3 Å². The van der Waals surface area contributed by atoms with Crippen LogP contribution in [-0.2, 0) is 0 Å². The van der Waals surface area contributed by atoms with Crippen molar-refractivity contribution < 1.29 is 9.26 Å². The molecule has 2 aromatic heterocycles. The molecule has 0 saturated heterocycles. The van der Waals surface area contributed by atoms with Crippen molar-refractivity contribution in [2.45, 2.75) is 13.8 Å². The van der Waals surface area contributed by atoms with Crippen LogP contribution in [-0.4, -0.2) is 15.1 Å². The van der Waals surface area contributed by atoms with Gasteiger partial charge in [-0.05, 0) is 42.8 Å². The molecule has 25 heavy (non-hydrogen) atoms. The average molecular weight is 333 g/mol. The number of ether oxygens (including phenoxy) is 1. The molecule has 0 radical (unpaired) electrons. The number of hydrogen-bond donors (Lipinski definition) is 1.